The Morgan fingerprint density at radius 1 is 1.42 bits per heavy atom. The Morgan fingerprint density at radius 3 is 2.74 bits per heavy atom. The van der Waals surface area contributed by atoms with Gasteiger partial charge in [0, 0.05) is 28.6 Å². The van der Waals surface area contributed by atoms with Crippen LogP contribution in [0.2, 0.25) is 0 Å². The quantitative estimate of drug-likeness (QED) is 0.505. The van der Waals surface area contributed by atoms with Gasteiger partial charge in [0.2, 0.25) is 0 Å². The summed E-state index contributed by atoms with van der Waals surface area (Å²) in [4.78, 5) is 3.10. The van der Waals surface area contributed by atoms with E-state index in [9.17, 15) is 0 Å². The zero-order chi connectivity index (χ0) is 13.8. The molecule has 0 saturated heterocycles. The highest BCUT2D eigenvalue weighted by Crippen LogP contribution is 2.34. The number of nitrogen functional groups attached to an aromatic ring is 1. The molecule has 0 aliphatic rings. The summed E-state index contributed by atoms with van der Waals surface area (Å²) in [6.07, 6.45) is 3.77. The minimum absolute atomic E-state index is 0.114. The first-order valence-electron chi connectivity index (χ1n) is 5.88. The molecule has 2 aromatic rings. The molecule has 3 N–H and O–H groups in total. The van der Waals surface area contributed by atoms with E-state index in [-0.39, 0.29) is 5.84 Å². The zero-order valence-corrected chi connectivity index (χ0v) is 12.5. The van der Waals surface area contributed by atoms with Gasteiger partial charge in [-0.25, -0.2) is 0 Å². The summed E-state index contributed by atoms with van der Waals surface area (Å²) in [5, 5.41) is 11.9. The lowest BCUT2D eigenvalue weighted by Gasteiger charge is -2.11. The van der Waals surface area contributed by atoms with Crippen molar-refractivity contribution in [1.29, 1.82) is 5.41 Å². The summed E-state index contributed by atoms with van der Waals surface area (Å²) < 4.78 is 1.76. The molecule has 0 aliphatic heterocycles. The molecule has 0 fully saturated rings. The number of nitrogens with zero attached hydrogens (tertiary/aromatic N) is 2. The molecular formula is C13H16N4S2. The Labute approximate surface area is 121 Å². The van der Waals surface area contributed by atoms with Gasteiger partial charge in [0.25, 0.3) is 0 Å². The highest BCUT2D eigenvalue weighted by Gasteiger charge is 2.13. The lowest BCUT2D eigenvalue weighted by molar-refractivity contribution is 0.766. The number of nitrogens with one attached hydrogen (secondary N) is 1. The third-order valence-corrected chi connectivity index (χ3v) is 4.41. The lowest BCUT2D eigenvalue weighted by atomic mass is 10.2. The van der Waals surface area contributed by atoms with E-state index in [1.165, 1.54) is 0 Å². The Kier molecular flexibility index (Phi) is 4.55. The number of benzene rings is 1. The van der Waals surface area contributed by atoms with Crippen LogP contribution in [0.3, 0.4) is 0 Å². The molecule has 1 aromatic carbocycles. The van der Waals surface area contributed by atoms with Crippen molar-refractivity contribution in [2.24, 2.45) is 12.8 Å². The van der Waals surface area contributed by atoms with Crippen molar-refractivity contribution in [3.8, 4) is 0 Å². The second-order valence-electron chi connectivity index (χ2n) is 3.93. The van der Waals surface area contributed by atoms with Crippen molar-refractivity contribution >= 4 is 29.4 Å². The smallest absolute Gasteiger partial charge is 0.125 e. The van der Waals surface area contributed by atoms with Gasteiger partial charge in [0.05, 0.1) is 11.1 Å². The van der Waals surface area contributed by atoms with E-state index in [0.717, 1.165) is 26.0 Å². The van der Waals surface area contributed by atoms with Crippen molar-refractivity contribution in [2.75, 3.05) is 5.75 Å². The fourth-order valence-electron chi connectivity index (χ4n) is 1.72. The number of aryl methyl sites for hydroxylation is 1. The molecule has 0 aliphatic carbocycles. The molecule has 2 rings (SSSR count). The molecule has 100 valence electrons. The van der Waals surface area contributed by atoms with E-state index in [1.807, 2.05) is 37.6 Å². The van der Waals surface area contributed by atoms with Crippen LogP contribution in [-0.2, 0) is 7.05 Å². The summed E-state index contributed by atoms with van der Waals surface area (Å²) in [5.41, 5.74) is 6.56. The van der Waals surface area contributed by atoms with Crippen LogP contribution in [0, 0.1) is 5.41 Å². The molecule has 1 heterocycles. The lowest BCUT2D eigenvalue weighted by Crippen LogP contribution is -2.13. The molecule has 0 radical (unpaired) electrons. The molecule has 0 saturated carbocycles. The minimum Gasteiger partial charge on any atom is -0.384 e. The van der Waals surface area contributed by atoms with Crippen LogP contribution >= 0.6 is 23.5 Å². The third kappa shape index (κ3) is 3.33. The maximum absolute atomic E-state index is 7.80. The van der Waals surface area contributed by atoms with Crippen LogP contribution < -0.4 is 5.73 Å². The fraction of sp³-hybridized carbons (Fsp3) is 0.231. The number of nitrogens with two attached hydrogens (primary N) is 1. The van der Waals surface area contributed by atoms with E-state index in [0.29, 0.717) is 0 Å². The Hall–Kier alpha value is -1.40. The Balaban J connectivity index is 2.38. The van der Waals surface area contributed by atoms with Crippen molar-refractivity contribution in [3.05, 3.63) is 36.2 Å². The number of aromatic nitrogens is 2. The summed E-state index contributed by atoms with van der Waals surface area (Å²) in [5.74, 6) is 1.07. The SMILES string of the molecule is CCSc1cccc(Sc2cnn(C)c2)c1C(=N)N. The molecular weight excluding hydrogens is 276 g/mol. The first-order chi connectivity index (χ1) is 9.11. The summed E-state index contributed by atoms with van der Waals surface area (Å²) >= 11 is 3.29. The van der Waals surface area contributed by atoms with Gasteiger partial charge in [-0.2, -0.15) is 5.10 Å². The first-order valence-corrected chi connectivity index (χ1v) is 7.68. The number of hydrogen-bond donors (Lipinski definition) is 2. The molecule has 0 unspecified atom stereocenters. The zero-order valence-electron chi connectivity index (χ0n) is 10.9. The van der Waals surface area contributed by atoms with E-state index in [2.05, 4.69) is 12.0 Å². The fourth-order valence-corrected chi connectivity index (χ4v) is 3.66. The van der Waals surface area contributed by atoms with E-state index in [4.69, 9.17) is 11.1 Å². The van der Waals surface area contributed by atoms with E-state index in [1.54, 1.807) is 28.2 Å². The largest absolute Gasteiger partial charge is 0.384 e. The normalized spacial score (nSPS) is 10.6. The number of amidine groups is 1. The number of thioether (sulfide) groups is 1. The van der Waals surface area contributed by atoms with Crippen molar-refractivity contribution in [3.63, 3.8) is 0 Å². The highest BCUT2D eigenvalue weighted by atomic mass is 32.2. The second-order valence-corrected chi connectivity index (χ2v) is 6.35. The van der Waals surface area contributed by atoms with Crippen molar-refractivity contribution in [1.82, 2.24) is 9.78 Å². The van der Waals surface area contributed by atoms with Crippen LogP contribution in [-0.4, -0.2) is 21.4 Å². The van der Waals surface area contributed by atoms with Gasteiger partial charge in [0.1, 0.15) is 5.84 Å². The van der Waals surface area contributed by atoms with Crippen LogP contribution in [0.25, 0.3) is 0 Å². The van der Waals surface area contributed by atoms with Gasteiger partial charge in [-0.3, -0.25) is 10.1 Å². The maximum atomic E-state index is 7.80. The second kappa shape index (κ2) is 6.16. The minimum atomic E-state index is 0.114. The topological polar surface area (TPSA) is 67.7 Å². The summed E-state index contributed by atoms with van der Waals surface area (Å²) in [6.45, 7) is 2.09. The van der Waals surface area contributed by atoms with Crippen LogP contribution in [0.5, 0.6) is 0 Å². The standard InChI is InChI=1S/C13H16N4S2/c1-3-18-10-5-4-6-11(12(10)13(14)15)19-9-7-16-17(2)8-9/h4-8H,3H2,1-2H3,(H3,14,15). The average Bonchev–Trinajstić information content (AvgIpc) is 2.75. The van der Waals surface area contributed by atoms with Gasteiger partial charge in [0.15, 0.2) is 0 Å². The van der Waals surface area contributed by atoms with E-state index < -0.39 is 0 Å². The average molecular weight is 292 g/mol. The Bertz CT molecular complexity index is 592. The molecule has 6 heteroatoms. The predicted molar refractivity (Wildman–Crippen MR) is 81.2 cm³/mol. The van der Waals surface area contributed by atoms with Gasteiger partial charge in [-0.15, -0.1) is 11.8 Å². The third-order valence-electron chi connectivity index (χ3n) is 2.47. The van der Waals surface area contributed by atoms with Crippen molar-refractivity contribution < 1.29 is 0 Å². The van der Waals surface area contributed by atoms with Gasteiger partial charge in [-0.1, -0.05) is 24.8 Å². The van der Waals surface area contributed by atoms with Crippen LogP contribution in [0.4, 0.5) is 0 Å². The Morgan fingerprint density at radius 2 is 2.16 bits per heavy atom. The summed E-state index contributed by atoms with van der Waals surface area (Å²) in [7, 11) is 1.89. The monoisotopic (exact) mass is 292 g/mol. The molecule has 1 aromatic heterocycles. The van der Waals surface area contributed by atoms with Gasteiger partial charge >= 0.3 is 0 Å². The van der Waals surface area contributed by atoms with E-state index >= 15 is 0 Å². The van der Waals surface area contributed by atoms with Crippen LogP contribution in [0.15, 0.2) is 45.3 Å². The molecule has 19 heavy (non-hydrogen) atoms. The molecule has 0 bridgehead atoms. The number of hydrogen-bond acceptors (Lipinski definition) is 4. The summed E-state index contributed by atoms with van der Waals surface area (Å²) in [6, 6.07) is 6.01. The molecule has 0 spiro atoms. The molecule has 4 nitrogen and oxygen atoms in total. The molecule has 0 atom stereocenters. The molecule has 0 amide bonds. The predicted octanol–water partition coefficient (Wildman–Crippen LogP) is 2.97. The highest BCUT2D eigenvalue weighted by molar-refractivity contribution is 8.00. The van der Waals surface area contributed by atoms with Crippen molar-refractivity contribution in [2.45, 2.75) is 21.6 Å². The van der Waals surface area contributed by atoms with Crippen LogP contribution in [0.1, 0.15) is 12.5 Å². The van der Waals surface area contributed by atoms with Gasteiger partial charge < -0.3 is 5.73 Å². The van der Waals surface area contributed by atoms with Gasteiger partial charge in [-0.05, 0) is 17.9 Å². The first kappa shape index (κ1) is 14.0. The number of rotatable bonds is 5. The maximum Gasteiger partial charge on any atom is 0.125 e.